The zero-order chi connectivity index (χ0) is 35.8. The molecule has 0 heterocycles. The number of anilines is 1. The molecule has 1 atom stereocenters. The van der Waals surface area contributed by atoms with Crippen LogP contribution in [0.15, 0.2) is 107 Å². The van der Waals surface area contributed by atoms with Gasteiger partial charge in [0.05, 0.1) is 27.2 Å². The fourth-order valence-corrected chi connectivity index (χ4v) is 7.32. The van der Waals surface area contributed by atoms with E-state index in [-0.39, 0.29) is 41.1 Å². The van der Waals surface area contributed by atoms with Gasteiger partial charge in [-0.1, -0.05) is 71.7 Å². The predicted octanol–water partition coefficient (Wildman–Crippen LogP) is 7.86. The number of halogens is 2. The standard InChI is InChI=1S/C37H41Cl2N3O5S2/c1-6-47-34-15-11-10-14-32(34)42(49(45,46)29-19-17-28(48-5)18-20-29)25-35(43)41(24-27-16-21-30(38)31(39)22-27)33(36(44)40-37(2,3)4)23-26-12-8-7-9-13-26/h7-22,33H,6,23-25H2,1-5H3,(H,40,44). The van der Waals surface area contributed by atoms with Gasteiger partial charge in [-0.15, -0.1) is 11.8 Å². The summed E-state index contributed by atoms with van der Waals surface area (Å²) in [6, 6.07) is 26.5. The van der Waals surface area contributed by atoms with Crippen LogP contribution in [0.1, 0.15) is 38.8 Å². The van der Waals surface area contributed by atoms with Gasteiger partial charge in [0.1, 0.15) is 18.3 Å². The first kappa shape index (κ1) is 38.1. The van der Waals surface area contributed by atoms with Crippen molar-refractivity contribution in [1.82, 2.24) is 10.2 Å². The maximum absolute atomic E-state index is 14.8. The number of benzene rings is 4. The van der Waals surface area contributed by atoms with Gasteiger partial charge in [-0.05, 0) is 93.6 Å². The third-order valence-corrected chi connectivity index (χ3v) is 10.7. The quantitative estimate of drug-likeness (QED) is 0.132. The van der Waals surface area contributed by atoms with Gasteiger partial charge in [-0.3, -0.25) is 13.9 Å². The monoisotopic (exact) mass is 741 g/mol. The fraction of sp³-hybridized carbons (Fsp3) is 0.297. The molecule has 0 aromatic heterocycles. The van der Waals surface area contributed by atoms with E-state index in [9.17, 15) is 18.0 Å². The summed E-state index contributed by atoms with van der Waals surface area (Å²) in [5.74, 6) is -0.697. The number of nitrogens with one attached hydrogen (secondary N) is 1. The highest BCUT2D eigenvalue weighted by atomic mass is 35.5. The molecule has 0 aliphatic carbocycles. The third-order valence-electron chi connectivity index (χ3n) is 7.47. The van der Waals surface area contributed by atoms with Crippen LogP contribution in [-0.2, 0) is 32.6 Å². The number of amides is 2. The maximum atomic E-state index is 14.8. The smallest absolute Gasteiger partial charge is 0.264 e. The van der Waals surface area contributed by atoms with E-state index in [1.54, 1.807) is 61.5 Å². The zero-order valence-corrected chi connectivity index (χ0v) is 31.3. The number of hydrogen-bond donors (Lipinski definition) is 1. The van der Waals surface area contributed by atoms with Gasteiger partial charge < -0.3 is 15.0 Å². The lowest BCUT2D eigenvalue weighted by atomic mass is 10.0. The van der Waals surface area contributed by atoms with E-state index in [1.807, 2.05) is 57.4 Å². The molecule has 4 aromatic carbocycles. The lowest BCUT2D eigenvalue weighted by molar-refractivity contribution is -0.140. The molecule has 2 amide bonds. The van der Waals surface area contributed by atoms with E-state index >= 15 is 0 Å². The number of rotatable bonds is 14. The van der Waals surface area contributed by atoms with Crippen molar-refractivity contribution in [1.29, 1.82) is 0 Å². The number of thioether (sulfide) groups is 1. The Morgan fingerprint density at radius 3 is 2.14 bits per heavy atom. The van der Waals surface area contributed by atoms with Crippen LogP contribution >= 0.6 is 35.0 Å². The molecule has 0 saturated heterocycles. The molecule has 0 aliphatic heterocycles. The van der Waals surface area contributed by atoms with Crippen molar-refractivity contribution in [2.24, 2.45) is 0 Å². The number of para-hydroxylation sites is 2. The summed E-state index contributed by atoms with van der Waals surface area (Å²) in [6.45, 7) is 6.98. The largest absolute Gasteiger partial charge is 0.492 e. The first-order valence-corrected chi connectivity index (χ1v) is 19.1. The molecule has 0 spiro atoms. The third kappa shape index (κ3) is 10.2. The van der Waals surface area contributed by atoms with Crippen molar-refractivity contribution in [2.45, 2.75) is 62.0 Å². The molecule has 49 heavy (non-hydrogen) atoms. The van der Waals surface area contributed by atoms with Crippen LogP contribution in [0.4, 0.5) is 5.69 Å². The number of carbonyl (C=O) groups excluding carboxylic acids is 2. The molecular formula is C37H41Cl2N3O5S2. The van der Waals surface area contributed by atoms with E-state index in [2.05, 4.69) is 5.32 Å². The van der Waals surface area contributed by atoms with Gasteiger partial charge in [0.15, 0.2) is 0 Å². The molecule has 0 aliphatic rings. The lowest BCUT2D eigenvalue weighted by Crippen LogP contribution is -2.56. The van der Waals surface area contributed by atoms with Gasteiger partial charge in [0.25, 0.3) is 10.0 Å². The first-order valence-electron chi connectivity index (χ1n) is 15.7. The summed E-state index contributed by atoms with van der Waals surface area (Å²) < 4.78 is 35.8. The molecule has 0 saturated carbocycles. The zero-order valence-electron chi connectivity index (χ0n) is 28.2. The Hall–Kier alpha value is -3.70. The van der Waals surface area contributed by atoms with Gasteiger partial charge in [-0.2, -0.15) is 0 Å². The van der Waals surface area contributed by atoms with E-state index in [1.165, 1.54) is 28.8 Å². The van der Waals surface area contributed by atoms with Crippen LogP contribution in [0.2, 0.25) is 10.0 Å². The molecule has 12 heteroatoms. The Morgan fingerprint density at radius 1 is 0.878 bits per heavy atom. The van der Waals surface area contributed by atoms with Crippen molar-refractivity contribution in [3.05, 3.63) is 118 Å². The molecule has 8 nitrogen and oxygen atoms in total. The second-order valence-electron chi connectivity index (χ2n) is 12.3. The molecular weight excluding hydrogens is 701 g/mol. The van der Waals surface area contributed by atoms with Crippen LogP contribution in [0.25, 0.3) is 0 Å². The fourth-order valence-electron chi connectivity index (χ4n) is 5.17. The Labute approximate surface area is 303 Å². The van der Waals surface area contributed by atoms with Crippen LogP contribution in [-0.4, -0.2) is 56.1 Å². The minimum atomic E-state index is -4.31. The average Bonchev–Trinajstić information content (AvgIpc) is 3.07. The number of ether oxygens (including phenoxy) is 1. The highest BCUT2D eigenvalue weighted by molar-refractivity contribution is 7.98. The Morgan fingerprint density at radius 2 is 1.53 bits per heavy atom. The van der Waals surface area contributed by atoms with Crippen LogP contribution in [0.3, 0.4) is 0 Å². The number of sulfonamides is 1. The molecule has 260 valence electrons. The minimum Gasteiger partial charge on any atom is -0.492 e. The Kier molecular flexibility index (Phi) is 13.1. The van der Waals surface area contributed by atoms with Crippen molar-refractivity contribution in [3.8, 4) is 5.75 Å². The molecule has 1 unspecified atom stereocenters. The van der Waals surface area contributed by atoms with E-state index in [0.717, 1.165) is 14.8 Å². The van der Waals surface area contributed by atoms with Crippen LogP contribution in [0.5, 0.6) is 5.75 Å². The topological polar surface area (TPSA) is 96.0 Å². The lowest BCUT2D eigenvalue weighted by Gasteiger charge is -2.35. The summed E-state index contributed by atoms with van der Waals surface area (Å²) in [6.07, 6.45) is 2.07. The number of hydrogen-bond acceptors (Lipinski definition) is 6. The molecule has 4 aromatic rings. The first-order chi connectivity index (χ1) is 23.2. The van der Waals surface area contributed by atoms with E-state index in [0.29, 0.717) is 16.3 Å². The highest BCUT2D eigenvalue weighted by Crippen LogP contribution is 2.34. The Bertz CT molecular complexity index is 1850. The molecule has 0 radical (unpaired) electrons. The summed E-state index contributed by atoms with van der Waals surface area (Å²) in [5.41, 5.74) is 1.02. The Balaban J connectivity index is 1.87. The summed E-state index contributed by atoms with van der Waals surface area (Å²) >= 11 is 14.1. The second-order valence-corrected chi connectivity index (χ2v) is 15.9. The average molecular weight is 743 g/mol. The highest BCUT2D eigenvalue weighted by Gasteiger charge is 2.36. The predicted molar refractivity (Wildman–Crippen MR) is 199 cm³/mol. The van der Waals surface area contributed by atoms with E-state index in [4.69, 9.17) is 27.9 Å². The van der Waals surface area contributed by atoms with Crippen LogP contribution < -0.4 is 14.4 Å². The SMILES string of the molecule is CCOc1ccccc1N(CC(=O)N(Cc1ccc(Cl)c(Cl)c1)C(Cc1ccccc1)C(=O)NC(C)(C)C)S(=O)(=O)c1ccc(SC)cc1. The van der Waals surface area contributed by atoms with Crippen molar-refractivity contribution in [3.63, 3.8) is 0 Å². The minimum absolute atomic E-state index is 0.00625. The number of carbonyl (C=O) groups is 2. The maximum Gasteiger partial charge on any atom is 0.264 e. The number of nitrogens with zero attached hydrogens (tertiary/aromatic N) is 2. The van der Waals surface area contributed by atoms with Crippen LogP contribution in [0, 0.1) is 0 Å². The van der Waals surface area contributed by atoms with Gasteiger partial charge >= 0.3 is 0 Å². The normalized spacial score (nSPS) is 12.2. The molecule has 1 N–H and O–H groups in total. The van der Waals surface area contributed by atoms with Gasteiger partial charge in [0.2, 0.25) is 11.8 Å². The van der Waals surface area contributed by atoms with Gasteiger partial charge in [0, 0.05) is 23.4 Å². The molecule has 4 rings (SSSR count). The summed E-state index contributed by atoms with van der Waals surface area (Å²) in [5, 5.41) is 3.65. The molecule has 0 bridgehead atoms. The van der Waals surface area contributed by atoms with E-state index < -0.39 is 34.1 Å². The van der Waals surface area contributed by atoms with Crippen molar-refractivity contribution >= 4 is 62.5 Å². The van der Waals surface area contributed by atoms with Crippen molar-refractivity contribution < 1.29 is 22.7 Å². The second kappa shape index (κ2) is 16.8. The summed E-state index contributed by atoms with van der Waals surface area (Å²) in [7, 11) is -4.31. The molecule has 0 fully saturated rings. The van der Waals surface area contributed by atoms with Gasteiger partial charge in [-0.25, -0.2) is 8.42 Å². The summed E-state index contributed by atoms with van der Waals surface area (Å²) in [4.78, 5) is 31.2. The van der Waals surface area contributed by atoms with Crippen molar-refractivity contribution in [2.75, 3.05) is 23.7 Å².